The lowest BCUT2D eigenvalue weighted by atomic mass is 9.95. The number of hydrogen-bond acceptors (Lipinski definition) is 5. The number of nitro groups is 1. The van der Waals surface area contributed by atoms with E-state index in [0.29, 0.717) is 22.9 Å². The number of rotatable bonds is 7. The van der Waals surface area contributed by atoms with Crippen LogP contribution in [0.2, 0.25) is 0 Å². The molecule has 0 fully saturated rings. The van der Waals surface area contributed by atoms with Gasteiger partial charge < -0.3 is 5.73 Å². The van der Waals surface area contributed by atoms with Crippen LogP contribution >= 0.6 is 28.3 Å². The van der Waals surface area contributed by atoms with Gasteiger partial charge in [-0.05, 0) is 25.8 Å². The standard InChI is InChI=1S/C13H20BrN3O4S.ClH/c1-4-13(5-2,8-15)16-22(20,21)10-6-11(14)9(3)12(7-10)17(18)19;/h6-7,16H,4-5,8,15H2,1-3H3;1H. The number of benzene rings is 1. The predicted molar refractivity (Wildman–Crippen MR) is 95.5 cm³/mol. The molecule has 0 bridgehead atoms. The fraction of sp³-hybridized carbons (Fsp3) is 0.538. The Bertz CT molecular complexity index is 670. The Balaban J connectivity index is 0.00000484. The van der Waals surface area contributed by atoms with Crippen LogP contribution in [0.1, 0.15) is 32.3 Å². The van der Waals surface area contributed by atoms with Crippen LogP contribution in [0.25, 0.3) is 0 Å². The van der Waals surface area contributed by atoms with Gasteiger partial charge in [-0.15, -0.1) is 12.4 Å². The second-order valence-electron chi connectivity index (χ2n) is 5.10. The molecule has 1 rings (SSSR count). The molecule has 1 aromatic carbocycles. The molecule has 0 aliphatic heterocycles. The third-order valence-electron chi connectivity index (χ3n) is 3.89. The average Bonchev–Trinajstić information content (AvgIpc) is 2.47. The monoisotopic (exact) mass is 429 g/mol. The van der Waals surface area contributed by atoms with Crippen LogP contribution in [-0.4, -0.2) is 25.4 Å². The van der Waals surface area contributed by atoms with Gasteiger partial charge in [0.1, 0.15) is 0 Å². The van der Waals surface area contributed by atoms with Crippen molar-refractivity contribution in [3.8, 4) is 0 Å². The van der Waals surface area contributed by atoms with E-state index < -0.39 is 20.5 Å². The van der Waals surface area contributed by atoms with Crippen LogP contribution in [-0.2, 0) is 10.0 Å². The fourth-order valence-electron chi connectivity index (χ4n) is 2.05. The van der Waals surface area contributed by atoms with E-state index in [2.05, 4.69) is 20.7 Å². The minimum absolute atomic E-state index is 0. The van der Waals surface area contributed by atoms with Crippen LogP contribution in [0, 0.1) is 17.0 Å². The molecule has 132 valence electrons. The van der Waals surface area contributed by atoms with Gasteiger partial charge in [-0.3, -0.25) is 10.1 Å². The highest BCUT2D eigenvalue weighted by molar-refractivity contribution is 9.10. The molecule has 0 unspecified atom stereocenters. The molecule has 23 heavy (non-hydrogen) atoms. The predicted octanol–water partition coefficient (Wildman–Crippen LogP) is 2.88. The molecule has 7 nitrogen and oxygen atoms in total. The zero-order valence-electron chi connectivity index (χ0n) is 13.1. The minimum atomic E-state index is -3.91. The molecule has 0 aliphatic rings. The Morgan fingerprint density at radius 2 is 1.87 bits per heavy atom. The number of hydrogen-bond donors (Lipinski definition) is 2. The summed E-state index contributed by atoms with van der Waals surface area (Å²) < 4.78 is 28.1. The van der Waals surface area contributed by atoms with Crippen molar-refractivity contribution in [3.05, 3.63) is 32.3 Å². The Kier molecular flexibility index (Phi) is 8.12. The van der Waals surface area contributed by atoms with E-state index in [-0.39, 0.29) is 29.5 Å². The zero-order chi connectivity index (χ0) is 17.1. The van der Waals surface area contributed by atoms with E-state index in [1.807, 2.05) is 13.8 Å². The molecule has 0 spiro atoms. The normalized spacial score (nSPS) is 11.9. The molecule has 0 saturated carbocycles. The Labute approximate surface area is 150 Å². The molecule has 10 heteroatoms. The van der Waals surface area contributed by atoms with Gasteiger partial charge in [-0.25, -0.2) is 13.1 Å². The summed E-state index contributed by atoms with van der Waals surface area (Å²) in [4.78, 5) is 10.3. The first-order valence-corrected chi connectivity index (χ1v) is 9.08. The second kappa shape index (κ2) is 8.39. The van der Waals surface area contributed by atoms with E-state index in [9.17, 15) is 18.5 Å². The van der Waals surface area contributed by atoms with Gasteiger partial charge in [-0.1, -0.05) is 29.8 Å². The van der Waals surface area contributed by atoms with E-state index in [0.717, 1.165) is 6.07 Å². The van der Waals surface area contributed by atoms with Gasteiger partial charge in [-0.2, -0.15) is 0 Å². The van der Waals surface area contributed by atoms with E-state index in [4.69, 9.17) is 5.73 Å². The summed E-state index contributed by atoms with van der Waals surface area (Å²) in [5.41, 5.74) is 5.07. The van der Waals surface area contributed by atoms with Gasteiger partial charge in [0.05, 0.1) is 9.82 Å². The smallest absolute Gasteiger partial charge is 0.274 e. The van der Waals surface area contributed by atoms with E-state index in [1.54, 1.807) is 6.92 Å². The molecular formula is C13H21BrClN3O4S. The number of sulfonamides is 1. The first-order valence-electron chi connectivity index (χ1n) is 6.81. The van der Waals surface area contributed by atoms with Crippen molar-refractivity contribution in [1.82, 2.24) is 4.72 Å². The maximum atomic E-state index is 12.6. The molecule has 0 heterocycles. The van der Waals surface area contributed by atoms with Gasteiger partial charge >= 0.3 is 0 Å². The summed E-state index contributed by atoms with van der Waals surface area (Å²) in [6.45, 7) is 5.38. The summed E-state index contributed by atoms with van der Waals surface area (Å²) in [7, 11) is -3.91. The largest absolute Gasteiger partial charge is 0.329 e. The highest BCUT2D eigenvalue weighted by Crippen LogP contribution is 2.30. The lowest BCUT2D eigenvalue weighted by molar-refractivity contribution is -0.385. The lowest BCUT2D eigenvalue weighted by Crippen LogP contribution is -2.52. The highest BCUT2D eigenvalue weighted by Gasteiger charge is 2.32. The highest BCUT2D eigenvalue weighted by atomic mass is 79.9. The first-order chi connectivity index (χ1) is 10.1. The van der Waals surface area contributed by atoms with Crippen LogP contribution < -0.4 is 10.5 Å². The van der Waals surface area contributed by atoms with Crippen molar-refractivity contribution in [3.63, 3.8) is 0 Å². The maximum Gasteiger partial charge on any atom is 0.274 e. The molecule has 0 amide bonds. The third-order valence-corrected chi connectivity index (χ3v) is 6.27. The van der Waals surface area contributed by atoms with Crippen LogP contribution in [0.3, 0.4) is 0 Å². The van der Waals surface area contributed by atoms with Crippen LogP contribution in [0.5, 0.6) is 0 Å². The lowest BCUT2D eigenvalue weighted by Gasteiger charge is -2.31. The Hall–Kier alpha value is -0.740. The summed E-state index contributed by atoms with van der Waals surface area (Å²) in [6, 6.07) is 2.42. The average molecular weight is 431 g/mol. The SMILES string of the molecule is CCC(CC)(CN)NS(=O)(=O)c1cc(Br)c(C)c([N+](=O)[O-])c1.Cl. The topological polar surface area (TPSA) is 115 Å². The van der Waals surface area contributed by atoms with E-state index in [1.165, 1.54) is 6.07 Å². The van der Waals surface area contributed by atoms with Crippen molar-refractivity contribution < 1.29 is 13.3 Å². The Morgan fingerprint density at radius 3 is 2.26 bits per heavy atom. The number of halogens is 2. The van der Waals surface area contributed by atoms with Crippen molar-refractivity contribution >= 4 is 44.0 Å². The van der Waals surface area contributed by atoms with Gasteiger partial charge in [0.25, 0.3) is 5.69 Å². The number of nitrogens with one attached hydrogen (secondary N) is 1. The number of nitrogens with zero attached hydrogens (tertiary/aromatic N) is 1. The van der Waals surface area contributed by atoms with Gasteiger partial charge in [0.2, 0.25) is 10.0 Å². The zero-order valence-corrected chi connectivity index (χ0v) is 16.3. The molecule has 1 aromatic rings. The van der Waals surface area contributed by atoms with Crippen LogP contribution in [0.15, 0.2) is 21.5 Å². The van der Waals surface area contributed by atoms with Gasteiger partial charge in [0.15, 0.2) is 0 Å². The summed E-state index contributed by atoms with van der Waals surface area (Å²) >= 11 is 3.17. The molecule has 3 N–H and O–H groups in total. The molecule has 0 aromatic heterocycles. The van der Waals surface area contributed by atoms with Crippen molar-refractivity contribution in [1.29, 1.82) is 0 Å². The molecule has 0 aliphatic carbocycles. The van der Waals surface area contributed by atoms with Crippen molar-refractivity contribution in [2.45, 2.75) is 44.0 Å². The quantitative estimate of drug-likeness (QED) is 0.510. The second-order valence-corrected chi connectivity index (χ2v) is 7.64. The van der Waals surface area contributed by atoms with E-state index >= 15 is 0 Å². The maximum absolute atomic E-state index is 12.6. The molecule has 0 radical (unpaired) electrons. The van der Waals surface area contributed by atoms with Crippen LogP contribution in [0.4, 0.5) is 5.69 Å². The summed E-state index contributed by atoms with van der Waals surface area (Å²) in [5.74, 6) is 0. The Morgan fingerprint density at radius 1 is 1.35 bits per heavy atom. The minimum Gasteiger partial charge on any atom is -0.329 e. The van der Waals surface area contributed by atoms with Crippen molar-refractivity contribution in [2.75, 3.05) is 6.54 Å². The molecular weight excluding hydrogens is 410 g/mol. The third kappa shape index (κ3) is 4.87. The van der Waals surface area contributed by atoms with Gasteiger partial charge in [0, 0.05) is 28.2 Å². The number of nitrogens with two attached hydrogens (primary N) is 1. The van der Waals surface area contributed by atoms with Crippen molar-refractivity contribution in [2.24, 2.45) is 5.73 Å². The molecule has 0 atom stereocenters. The molecule has 0 saturated heterocycles. The summed E-state index contributed by atoms with van der Waals surface area (Å²) in [5, 5.41) is 11.1. The summed E-state index contributed by atoms with van der Waals surface area (Å²) in [6.07, 6.45) is 1.04. The first kappa shape index (κ1) is 22.3. The number of nitro benzene ring substituents is 1. The fourth-order valence-corrected chi connectivity index (χ4v) is 4.25.